The lowest BCUT2D eigenvalue weighted by Crippen LogP contribution is -2.31. The predicted molar refractivity (Wildman–Crippen MR) is 57.8 cm³/mol. The van der Waals surface area contributed by atoms with Crippen LogP contribution in [0.1, 0.15) is 5.56 Å². The van der Waals surface area contributed by atoms with Gasteiger partial charge in [-0.2, -0.15) is 0 Å². The van der Waals surface area contributed by atoms with E-state index in [0.717, 1.165) is 5.56 Å². The third-order valence-electron chi connectivity index (χ3n) is 1.86. The summed E-state index contributed by atoms with van der Waals surface area (Å²) in [4.78, 5) is 0. The first-order valence-corrected chi connectivity index (χ1v) is 6.50. The van der Waals surface area contributed by atoms with E-state index in [9.17, 15) is 8.42 Å². The Kier molecular flexibility index (Phi) is 3.66. The van der Waals surface area contributed by atoms with Gasteiger partial charge in [0.2, 0.25) is 0 Å². The number of rotatable bonds is 4. The average Bonchev–Trinajstić information content (AvgIpc) is 2.02. The van der Waals surface area contributed by atoms with Crippen LogP contribution in [0.15, 0.2) is 30.3 Å². The molecule has 1 rings (SSSR count). The average molecular weight is 213 g/mol. The molecule has 0 aliphatic heterocycles. The molecule has 0 saturated carbocycles. The van der Waals surface area contributed by atoms with Crippen molar-refractivity contribution in [3.8, 4) is 0 Å². The Morgan fingerprint density at radius 2 is 1.86 bits per heavy atom. The van der Waals surface area contributed by atoms with Gasteiger partial charge in [-0.3, -0.25) is 0 Å². The quantitative estimate of drug-likeness (QED) is 0.796. The van der Waals surface area contributed by atoms with Gasteiger partial charge in [-0.15, -0.1) is 0 Å². The van der Waals surface area contributed by atoms with E-state index in [4.69, 9.17) is 5.73 Å². The Bertz CT molecular complexity index is 372. The molecule has 0 heterocycles. The summed E-state index contributed by atoms with van der Waals surface area (Å²) in [6, 6.07) is 9.34. The van der Waals surface area contributed by atoms with Gasteiger partial charge >= 0.3 is 0 Å². The van der Waals surface area contributed by atoms with Crippen molar-refractivity contribution in [2.75, 3.05) is 12.0 Å². The van der Waals surface area contributed by atoms with E-state index in [0.29, 0.717) is 6.42 Å². The highest BCUT2D eigenvalue weighted by molar-refractivity contribution is 7.90. The third-order valence-corrected chi connectivity index (χ3v) is 2.89. The van der Waals surface area contributed by atoms with E-state index in [1.807, 2.05) is 30.3 Å². The molecular weight excluding hydrogens is 198 g/mol. The zero-order chi connectivity index (χ0) is 10.6. The van der Waals surface area contributed by atoms with Gasteiger partial charge in [-0.1, -0.05) is 30.3 Å². The standard InChI is InChI=1S/C10H15NO2S/c1-14(12,13)8-10(11)7-9-5-3-2-4-6-9/h2-6,10H,7-8,11H2,1H3. The molecule has 1 aromatic rings. The van der Waals surface area contributed by atoms with Gasteiger partial charge in [-0.05, 0) is 12.0 Å². The highest BCUT2D eigenvalue weighted by Gasteiger charge is 2.10. The van der Waals surface area contributed by atoms with Crippen LogP contribution in [0.25, 0.3) is 0 Å². The van der Waals surface area contributed by atoms with E-state index < -0.39 is 9.84 Å². The van der Waals surface area contributed by atoms with Gasteiger partial charge in [0, 0.05) is 12.3 Å². The second-order valence-corrected chi connectivity index (χ2v) is 5.73. The third kappa shape index (κ3) is 4.39. The largest absolute Gasteiger partial charge is 0.326 e. The van der Waals surface area contributed by atoms with Crippen LogP contribution in [-0.2, 0) is 16.3 Å². The lowest BCUT2D eigenvalue weighted by molar-refractivity contribution is 0.591. The monoisotopic (exact) mass is 213 g/mol. The fourth-order valence-corrected chi connectivity index (χ4v) is 2.26. The molecule has 0 aliphatic rings. The molecule has 0 spiro atoms. The summed E-state index contributed by atoms with van der Waals surface area (Å²) in [5, 5.41) is 0. The van der Waals surface area contributed by atoms with Crippen LogP contribution in [0.5, 0.6) is 0 Å². The maximum Gasteiger partial charge on any atom is 0.148 e. The number of sulfone groups is 1. The molecule has 14 heavy (non-hydrogen) atoms. The second kappa shape index (κ2) is 4.57. The SMILES string of the molecule is CS(=O)(=O)CC(N)Cc1ccccc1. The minimum absolute atomic E-state index is 0.0435. The molecule has 1 atom stereocenters. The van der Waals surface area contributed by atoms with Crippen molar-refractivity contribution in [1.82, 2.24) is 0 Å². The first kappa shape index (κ1) is 11.2. The van der Waals surface area contributed by atoms with E-state index in [1.54, 1.807) is 0 Å². The van der Waals surface area contributed by atoms with Crippen molar-refractivity contribution in [1.29, 1.82) is 0 Å². The van der Waals surface area contributed by atoms with E-state index in [-0.39, 0.29) is 11.8 Å². The van der Waals surface area contributed by atoms with Crippen LogP contribution in [-0.4, -0.2) is 26.5 Å². The molecule has 1 aromatic carbocycles. The normalized spacial score (nSPS) is 13.9. The summed E-state index contributed by atoms with van der Waals surface area (Å²) >= 11 is 0. The van der Waals surface area contributed by atoms with Crippen LogP contribution in [0.2, 0.25) is 0 Å². The fraction of sp³-hybridized carbons (Fsp3) is 0.400. The highest BCUT2D eigenvalue weighted by atomic mass is 32.2. The van der Waals surface area contributed by atoms with E-state index in [1.165, 1.54) is 6.26 Å². The Morgan fingerprint density at radius 3 is 2.36 bits per heavy atom. The van der Waals surface area contributed by atoms with E-state index in [2.05, 4.69) is 0 Å². The highest BCUT2D eigenvalue weighted by Crippen LogP contribution is 2.02. The smallest absolute Gasteiger partial charge is 0.148 e. The zero-order valence-electron chi connectivity index (χ0n) is 8.18. The Hall–Kier alpha value is -0.870. The molecule has 3 nitrogen and oxygen atoms in total. The summed E-state index contributed by atoms with van der Waals surface area (Å²) in [7, 11) is -2.97. The number of hydrogen-bond acceptors (Lipinski definition) is 3. The van der Waals surface area contributed by atoms with Crippen molar-refractivity contribution in [2.45, 2.75) is 12.5 Å². The van der Waals surface area contributed by atoms with Crippen molar-refractivity contribution in [3.05, 3.63) is 35.9 Å². The van der Waals surface area contributed by atoms with Gasteiger partial charge in [0.15, 0.2) is 0 Å². The molecule has 0 aromatic heterocycles. The Morgan fingerprint density at radius 1 is 1.29 bits per heavy atom. The van der Waals surface area contributed by atoms with Crippen LogP contribution in [0.3, 0.4) is 0 Å². The van der Waals surface area contributed by atoms with Gasteiger partial charge in [0.05, 0.1) is 5.75 Å². The molecule has 2 N–H and O–H groups in total. The fourth-order valence-electron chi connectivity index (χ4n) is 1.36. The second-order valence-electron chi connectivity index (χ2n) is 3.54. The van der Waals surface area contributed by atoms with Crippen molar-refractivity contribution in [2.24, 2.45) is 5.73 Å². The van der Waals surface area contributed by atoms with Gasteiger partial charge in [-0.25, -0.2) is 8.42 Å². The predicted octanol–water partition coefficient (Wildman–Crippen LogP) is 0.601. The minimum Gasteiger partial charge on any atom is -0.326 e. The van der Waals surface area contributed by atoms with Gasteiger partial charge in [0.1, 0.15) is 9.84 Å². The molecule has 4 heteroatoms. The summed E-state index contributed by atoms with van der Waals surface area (Å²) in [6.45, 7) is 0. The lowest BCUT2D eigenvalue weighted by atomic mass is 10.1. The van der Waals surface area contributed by atoms with Crippen molar-refractivity contribution < 1.29 is 8.42 Å². The first-order valence-electron chi connectivity index (χ1n) is 4.44. The molecule has 0 amide bonds. The molecule has 0 radical (unpaired) electrons. The molecule has 0 bridgehead atoms. The molecular formula is C10H15NO2S. The summed E-state index contributed by atoms with van der Waals surface area (Å²) < 4.78 is 21.9. The maximum absolute atomic E-state index is 11.0. The summed E-state index contributed by atoms with van der Waals surface area (Å²) in [5.41, 5.74) is 6.79. The topological polar surface area (TPSA) is 60.2 Å². The lowest BCUT2D eigenvalue weighted by Gasteiger charge is -2.09. The first-order chi connectivity index (χ1) is 6.47. The van der Waals surface area contributed by atoms with Crippen LogP contribution in [0, 0.1) is 0 Å². The van der Waals surface area contributed by atoms with Crippen LogP contribution in [0.4, 0.5) is 0 Å². The van der Waals surface area contributed by atoms with Crippen LogP contribution < -0.4 is 5.73 Å². The molecule has 78 valence electrons. The van der Waals surface area contributed by atoms with Crippen molar-refractivity contribution in [3.63, 3.8) is 0 Å². The summed E-state index contributed by atoms with van der Waals surface area (Å²) in [5.74, 6) is 0.0435. The number of hydrogen-bond donors (Lipinski definition) is 1. The number of benzene rings is 1. The van der Waals surface area contributed by atoms with Gasteiger partial charge < -0.3 is 5.73 Å². The minimum atomic E-state index is -2.97. The van der Waals surface area contributed by atoms with Crippen molar-refractivity contribution >= 4 is 9.84 Å². The molecule has 0 aliphatic carbocycles. The summed E-state index contributed by atoms with van der Waals surface area (Å²) in [6.07, 6.45) is 1.81. The van der Waals surface area contributed by atoms with E-state index >= 15 is 0 Å². The Labute approximate surface area is 84.9 Å². The number of nitrogens with two attached hydrogens (primary N) is 1. The molecule has 0 fully saturated rings. The Balaban J connectivity index is 2.54. The maximum atomic E-state index is 11.0. The van der Waals surface area contributed by atoms with Crippen LogP contribution >= 0.6 is 0 Å². The molecule has 1 unspecified atom stereocenters. The van der Waals surface area contributed by atoms with Gasteiger partial charge in [0.25, 0.3) is 0 Å². The molecule has 0 saturated heterocycles. The zero-order valence-corrected chi connectivity index (χ0v) is 9.00.